The summed E-state index contributed by atoms with van der Waals surface area (Å²) in [6.07, 6.45) is 2.28. The van der Waals surface area contributed by atoms with Crippen LogP contribution in [0, 0.1) is 0 Å². The van der Waals surface area contributed by atoms with Gasteiger partial charge in [-0.15, -0.1) is 30.0 Å². The summed E-state index contributed by atoms with van der Waals surface area (Å²) < 4.78 is 11.0. The number of aromatic nitrogens is 6. The van der Waals surface area contributed by atoms with Crippen LogP contribution in [0.4, 0.5) is 0 Å². The normalized spacial score (nSPS) is 12.0. The summed E-state index contributed by atoms with van der Waals surface area (Å²) in [6.45, 7) is 12.5. The number of ether oxygens (including phenoxy) is 2. The van der Waals surface area contributed by atoms with E-state index in [4.69, 9.17) is 9.47 Å². The molecule has 54 heavy (non-hydrogen) atoms. The van der Waals surface area contributed by atoms with Gasteiger partial charge in [-0.25, -0.2) is 0 Å². The molecule has 0 saturated heterocycles. The second kappa shape index (κ2) is 15.7. The van der Waals surface area contributed by atoms with Crippen LogP contribution in [-0.2, 0) is 42.7 Å². The Bertz CT molecular complexity index is 2070. The summed E-state index contributed by atoms with van der Waals surface area (Å²) in [7, 11) is 0. The van der Waals surface area contributed by atoms with Crippen LogP contribution in [0.1, 0.15) is 89.5 Å². The van der Waals surface area contributed by atoms with Crippen LogP contribution < -0.4 is 0 Å². The first-order valence-corrected chi connectivity index (χ1v) is 18.4. The molecule has 12 nitrogen and oxygen atoms in total. The number of unbranched alkanes of at least 4 members (excludes halogenated alkanes) is 1. The largest absolute Gasteiger partial charge is 0.505 e. The summed E-state index contributed by atoms with van der Waals surface area (Å²) in [5.41, 5.74) is 6.27. The summed E-state index contributed by atoms with van der Waals surface area (Å²) in [5, 5.41) is 40.6. The van der Waals surface area contributed by atoms with Gasteiger partial charge in [0.1, 0.15) is 44.9 Å². The smallest absolute Gasteiger partial charge is 0.306 e. The Morgan fingerprint density at radius 1 is 0.574 bits per heavy atom. The van der Waals surface area contributed by atoms with Crippen molar-refractivity contribution in [3.8, 4) is 22.9 Å². The maximum atomic E-state index is 12.7. The number of aromatic hydroxyl groups is 2. The van der Waals surface area contributed by atoms with E-state index in [9.17, 15) is 19.8 Å². The lowest BCUT2D eigenvalue weighted by molar-refractivity contribution is -0.146. The average Bonchev–Trinajstić information content (AvgIpc) is 3.76. The fourth-order valence-corrected chi connectivity index (χ4v) is 6.24. The number of hydrogen-bond donors (Lipinski definition) is 2. The van der Waals surface area contributed by atoms with Crippen molar-refractivity contribution < 1.29 is 29.3 Å². The average molecular weight is 733 g/mol. The van der Waals surface area contributed by atoms with Gasteiger partial charge in [-0.05, 0) is 84.0 Å². The van der Waals surface area contributed by atoms with E-state index < -0.39 is 0 Å². The summed E-state index contributed by atoms with van der Waals surface area (Å²) in [6, 6.07) is 22.5. The third kappa shape index (κ3) is 8.87. The number of aryl methyl sites for hydroxylation is 2. The van der Waals surface area contributed by atoms with Crippen molar-refractivity contribution in [1.29, 1.82) is 0 Å². The van der Waals surface area contributed by atoms with Crippen LogP contribution in [0.3, 0.4) is 0 Å². The Balaban J connectivity index is 0.967. The Morgan fingerprint density at radius 3 is 1.22 bits per heavy atom. The molecule has 0 aliphatic rings. The highest BCUT2D eigenvalue weighted by atomic mass is 16.5. The predicted molar refractivity (Wildman–Crippen MR) is 206 cm³/mol. The van der Waals surface area contributed by atoms with Gasteiger partial charge in [0.05, 0.1) is 13.2 Å². The summed E-state index contributed by atoms with van der Waals surface area (Å²) in [5.74, 6) is -0.446. The molecule has 0 amide bonds. The number of phenols is 2. The highest BCUT2D eigenvalue weighted by Crippen LogP contribution is 2.38. The lowest BCUT2D eigenvalue weighted by Gasteiger charge is -2.23. The van der Waals surface area contributed by atoms with Crippen LogP contribution in [0.25, 0.3) is 33.4 Å². The van der Waals surface area contributed by atoms with Crippen molar-refractivity contribution in [2.45, 2.75) is 90.9 Å². The lowest BCUT2D eigenvalue weighted by atomic mass is 9.84. The standard InChI is InChI=1S/C42H48N6O6/c1-41(2,3)29-23-27(25-35(39(29)51)47-43-31-13-7-8-14-32(31)44-47)17-19-37(49)53-21-11-12-22-54-38(50)20-18-28-24-30(42(4,5)6)40(52)36(26-28)48-45-33-15-9-10-16-34(33)46-48/h7-10,13-16,23-26,51-52H,11-12,17-22H2,1-6H3. The molecule has 0 radical (unpaired) electrons. The SMILES string of the molecule is CC(C)(C)c1cc(CCC(=O)OCCCCOC(=O)CCc2cc(-n3nc4ccccc4n3)c(O)c(C(C)(C)C)c2)cc(-n2nc3ccccc3n2)c1O. The quantitative estimate of drug-likeness (QED) is 0.0897. The Morgan fingerprint density at radius 2 is 0.907 bits per heavy atom. The summed E-state index contributed by atoms with van der Waals surface area (Å²) in [4.78, 5) is 28.2. The van der Waals surface area contributed by atoms with Crippen molar-refractivity contribution in [2.24, 2.45) is 0 Å². The fourth-order valence-electron chi connectivity index (χ4n) is 6.24. The van der Waals surface area contributed by atoms with E-state index >= 15 is 0 Å². The highest BCUT2D eigenvalue weighted by molar-refractivity contribution is 5.75. The molecule has 6 aromatic rings. The number of nitrogens with zero attached hydrogens (tertiary/aromatic N) is 6. The van der Waals surface area contributed by atoms with Gasteiger partial charge in [-0.1, -0.05) is 77.9 Å². The van der Waals surface area contributed by atoms with Crippen LogP contribution in [0.2, 0.25) is 0 Å². The minimum Gasteiger partial charge on any atom is -0.505 e. The number of phenolic OH excluding ortho intramolecular Hbond substituents is 2. The second-order valence-corrected chi connectivity index (χ2v) is 15.6. The highest BCUT2D eigenvalue weighted by Gasteiger charge is 2.25. The zero-order chi connectivity index (χ0) is 38.6. The Kier molecular flexibility index (Phi) is 11.0. The monoisotopic (exact) mass is 732 g/mol. The second-order valence-electron chi connectivity index (χ2n) is 15.6. The van der Waals surface area contributed by atoms with Gasteiger partial charge in [0, 0.05) is 24.0 Å². The molecule has 4 aromatic carbocycles. The van der Waals surface area contributed by atoms with E-state index in [0.717, 1.165) is 22.3 Å². The molecule has 0 atom stereocenters. The van der Waals surface area contributed by atoms with E-state index in [1.165, 1.54) is 9.59 Å². The number of esters is 2. The first-order chi connectivity index (χ1) is 25.7. The molecule has 2 heterocycles. The molecular weight excluding hydrogens is 684 g/mol. The zero-order valence-corrected chi connectivity index (χ0v) is 31.8. The molecule has 0 fully saturated rings. The molecule has 0 unspecified atom stereocenters. The molecule has 0 aliphatic heterocycles. The molecule has 0 saturated carbocycles. The molecule has 6 rings (SSSR count). The number of carbonyl (C=O) groups excluding carboxylic acids is 2. The number of rotatable bonds is 13. The van der Waals surface area contributed by atoms with Crippen LogP contribution in [0.15, 0.2) is 72.8 Å². The molecule has 0 bridgehead atoms. The van der Waals surface area contributed by atoms with Crippen molar-refractivity contribution >= 4 is 34.0 Å². The van der Waals surface area contributed by atoms with Gasteiger partial charge < -0.3 is 19.7 Å². The minimum atomic E-state index is -0.357. The van der Waals surface area contributed by atoms with E-state index in [1.54, 1.807) is 0 Å². The lowest BCUT2D eigenvalue weighted by Crippen LogP contribution is -2.15. The molecule has 0 spiro atoms. The van der Waals surface area contributed by atoms with Gasteiger partial charge in [-0.3, -0.25) is 9.59 Å². The number of hydrogen-bond acceptors (Lipinski definition) is 10. The molecular formula is C42H48N6O6. The first-order valence-electron chi connectivity index (χ1n) is 18.4. The third-order valence-electron chi connectivity index (χ3n) is 9.22. The van der Waals surface area contributed by atoms with E-state index in [0.29, 0.717) is 59.1 Å². The van der Waals surface area contributed by atoms with Gasteiger partial charge in [-0.2, -0.15) is 0 Å². The Hall–Kier alpha value is -5.78. The molecule has 0 aliphatic carbocycles. The summed E-state index contributed by atoms with van der Waals surface area (Å²) >= 11 is 0. The maximum Gasteiger partial charge on any atom is 0.306 e. The van der Waals surface area contributed by atoms with E-state index in [1.807, 2.05) is 114 Å². The van der Waals surface area contributed by atoms with Crippen LogP contribution >= 0.6 is 0 Å². The molecule has 2 aromatic heterocycles. The number of benzene rings is 4. The van der Waals surface area contributed by atoms with Crippen LogP contribution in [0.5, 0.6) is 11.5 Å². The maximum absolute atomic E-state index is 12.7. The van der Waals surface area contributed by atoms with E-state index in [-0.39, 0.29) is 60.3 Å². The predicted octanol–water partition coefficient (Wildman–Crippen LogP) is 7.59. The minimum absolute atomic E-state index is 0.107. The number of fused-ring (bicyclic) bond motifs is 2. The van der Waals surface area contributed by atoms with Crippen molar-refractivity contribution in [2.75, 3.05) is 13.2 Å². The first kappa shape index (κ1) is 38.0. The third-order valence-corrected chi connectivity index (χ3v) is 9.22. The fraction of sp³-hybridized carbons (Fsp3) is 0.381. The number of carbonyl (C=O) groups is 2. The van der Waals surface area contributed by atoms with Crippen molar-refractivity contribution in [1.82, 2.24) is 30.0 Å². The molecule has 282 valence electrons. The van der Waals surface area contributed by atoms with Gasteiger partial charge in [0.25, 0.3) is 0 Å². The van der Waals surface area contributed by atoms with Gasteiger partial charge >= 0.3 is 11.9 Å². The molecule has 2 N–H and O–H groups in total. The zero-order valence-electron chi connectivity index (χ0n) is 31.8. The molecule has 12 heteroatoms. The van der Waals surface area contributed by atoms with Crippen molar-refractivity contribution in [3.05, 3.63) is 95.1 Å². The van der Waals surface area contributed by atoms with Gasteiger partial charge in [0.2, 0.25) is 0 Å². The van der Waals surface area contributed by atoms with E-state index in [2.05, 4.69) is 20.4 Å². The van der Waals surface area contributed by atoms with Crippen molar-refractivity contribution in [3.63, 3.8) is 0 Å². The topological polar surface area (TPSA) is 154 Å². The van der Waals surface area contributed by atoms with Crippen LogP contribution in [-0.4, -0.2) is 65.4 Å². The van der Waals surface area contributed by atoms with Gasteiger partial charge in [0.15, 0.2) is 0 Å². The Labute approximate surface area is 314 Å².